The fourth-order valence-corrected chi connectivity index (χ4v) is 2.94. The number of nitrogens with zero attached hydrogens (tertiary/aromatic N) is 3. The molecule has 1 aliphatic heterocycles. The predicted molar refractivity (Wildman–Crippen MR) is 83.8 cm³/mol. The van der Waals surface area contributed by atoms with E-state index in [2.05, 4.69) is 4.98 Å². The maximum absolute atomic E-state index is 12.6. The first kappa shape index (κ1) is 14.7. The molecule has 22 heavy (non-hydrogen) atoms. The highest BCUT2D eigenvalue weighted by molar-refractivity contribution is 5.83. The molecule has 2 aromatic rings. The van der Waals surface area contributed by atoms with Gasteiger partial charge >= 0.3 is 0 Å². The molecular weight excluding hydrogens is 282 g/mol. The molecule has 2 unspecified atom stereocenters. The van der Waals surface area contributed by atoms with Crippen molar-refractivity contribution in [2.24, 2.45) is 0 Å². The SMILES string of the molecule is Cc1ccc2nc(N3CC(C)OC(C)C3)c(C=O)c(=O)n2c1. The smallest absolute Gasteiger partial charge is 0.270 e. The summed E-state index contributed by atoms with van der Waals surface area (Å²) in [4.78, 5) is 30.5. The Morgan fingerprint density at radius 2 is 1.95 bits per heavy atom. The van der Waals surface area contributed by atoms with Gasteiger partial charge in [0.05, 0.1) is 12.2 Å². The number of carbonyl (C=O) groups excluding carboxylic acids is 1. The standard InChI is InChI=1S/C16H19N3O3/c1-10-4-5-14-17-15(13(9-20)16(21)19(14)6-10)18-7-11(2)22-12(3)8-18/h4-6,9,11-12H,7-8H2,1-3H3. The minimum Gasteiger partial charge on any atom is -0.372 e. The van der Waals surface area contributed by atoms with E-state index in [-0.39, 0.29) is 23.3 Å². The van der Waals surface area contributed by atoms with E-state index < -0.39 is 0 Å². The summed E-state index contributed by atoms with van der Waals surface area (Å²) in [5.41, 5.74) is 1.26. The molecule has 0 aliphatic carbocycles. The van der Waals surface area contributed by atoms with Crippen molar-refractivity contribution in [3.63, 3.8) is 0 Å². The molecule has 3 heterocycles. The van der Waals surface area contributed by atoms with Gasteiger partial charge in [0.1, 0.15) is 17.0 Å². The number of aryl methyl sites for hydroxylation is 1. The summed E-state index contributed by atoms with van der Waals surface area (Å²) in [6.07, 6.45) is 2.36. The second-order valence-corrected chi connectivity index (χ2v) is 5.87. The summed E-state index contributed by atoms with van der Waals surface area (Å²) >= 11 is 0. The molecular formula is C16H19N3O3. The van der Waals surface area contributed by atoms with E-state index in [1.165, 1.54) is 4.40 Å². The van der Waals surface area contributed by atoms with Crippen molar-refractivity contribution in [2.45, 2.75) is 33.0 Å². The zero-order valence-corrected chi connectivity index (χ0v) is 12.9. The van der Waals surface area contributed by atoms with E-state index in [0.717, 1.165) is 5.56 Å². The van der Waals surface area contributed by atoms with Gasteiger partial charge in [-0.25, -0.2) is 4.98 Å². The number of fused-ring (bicyclic) bond motifs is 1. The first-order chi connectivity index (χ1) is 10.5. The van der Waals surface area contributed by atoms with Crippen LogP contribution in [0.3, 0.4) is 0 Å². The number of aldehydes is 1. The largest absolute Gasteiger partial charge is 0.372 e. The van der Waals surface area contributed by atoms with Crippen molar-refractivity contribution in [2.75, 3.05) is 18.0 Å². The second-order valence-electron chi connectivity index (χ2n) is 5.87. The number of anilines is 1. The lowest BCUT2D eigenvalue weighted by atomic mass is 10.2. The van der Waals surface area contributed by atoms with Gasteiger partial charge < -0.3 is 9.64 Å². The van der Waals surface area contributed by atoms with Crippen LogP contribution in [0.2, 0.25) is 0 Å². The topological polar surface area (TPSA) is 63.9 Å². The molecule has 0 spiro atoms. The van der Waals surface area contributed by atoms with Gasteiger partial charge in [-0.15, -0.1) is 0 Å². The minimum atomic E-state index is -0.328. The number of morpholine rings is 1. The minimum absolute atomic E-state index is 0.0292. The Balaban J connectivity index is 2.19. The normalized spacial score (nSPS) is 22.0. The van der Waals surface area contributed by atoms with Crippen LogP contribution >= 0.6 is 0 Å². The lowest BCUT2D eigenvalue weighted by Gasteiger charge is -2.36. The van der Waals surface area contributed by atoms with Crippen LogP contribution in [-0.2, 0) is 4.74 Å². The number of hydrogen-bond donors (Lipinski definition) is 0. The van der Waals surface area contributed by atoms with Crippen molar-refractivity contribution in [1.82, 2.24) is 9.38 Å². The molecule has 0 N–H and O–H groups in total. The molecule has 3 rings (SSSR count). The Hall–Kier alpha value is -2.21. The van der Waals surface area contributed by atoms with Gasteiger partial charge in [0, 0.05) is 19.3 Å². The van der Waals surface area contributed by atoms with Crippen molar-refractivity contribution >= 4 is 17.8 Å². The van der Waals surface area contributed by atoms with E-state index in [1.807, 2.05) is 31.7 Å². The molecule has 0 bridgehead atoms. The molecule has 1 saturated heterocycles. The van der Waals surface area contributed by atoms with Crippen molar-refractivity contribution in [3.8, 4) is 0 Å². The zero-order chi connectivity index (χ0) is 15.9. The Morgan fingerprint density at radius 1 is 1.27 bits per heavy atom. The fraction of sp³-hybridized carbons (Fsp3) is 0.438. The molecule has 2 aromatic heterocycles. The summed E-state index contributed by atoms with van der Waals surface area (Å²) in [6.45, 7) is 7.06. The second kappa shape index (κ2) is 5.53. The number of hydrogen-bond acceptors (Lipinski definition) is 5. The van der Waals surface area contributed by atoms with Gasteiger partial charge in [0.25, 0.3) is 5.56 Å². The summed E-state index contributed by atoms with van der Waals surface area (Å²) in [7, 11) is 0. The summed E-state index contributed by atoms with van der Waals surface area (Å²) < 4.78 is 7.13. The van der Waals surface area contributed by atoms with Crippen LogP contribution in [-0.4, -0.2) is 41.0 Å². The average molecular weight is 301 g/mol. The highest BCUT2D eigenvalue weighted by Gasteiger charge is 2.26. The molecule has 0 saturated carbocycles. The molecule has 6 heteroatoms. The molecule has 1 fully saturated rings. The van der Waals surface area contributed by atoms with Crippen LogP contribution in [0.15, 0.2) is 23.1 Å². The van der Waals surface area contributed by atoms with Crippen LogP contribution in [0.5, 0.6) is 0 Å². The summed E-state index contributed by atoms with van der Waals surface area (Å²) in [5.74, 6) is 0.450. The third kappa shape index (κ3) is 2.50. The van der Waals surface area contributed by atoms with E-state index >= 15 is 0 Å². The highest BCUT2D eigenvalue weighted by Crippen LogP contribution is 2.20. The van der Waals surface area contributed by atoms with E-state index in [1.54, 1.807) is 12.3 Å². The predicted octanol–water partition coefficient (Wildman–Crippen LogP) is 1.43. The molecule has 2 atom stereocenters. The van der Waals surface area contributed by atoms with Crippen LogP contribution in [0.4, 0.5) is 5.82 Å². The van der Waals surface area contributed by atoms with Gasteiger partial charge in [0.15, 0.2) is 6.29 Å². The molecule has 0 aromatic carbocycles. The van der Waals surface area contributed by atoms with Gasteiger partial charge in [0.2, 0.25) is 0 Å². The lowest BCUT2D eigenvalue weighted by Crippen LogP contribution is -2.47. The average Bonchev–Trinajstić information content (AvgIpc) is 2.46. The first-order valence-electron chi connectivity index (χ1n) is 7.38. The third-order valence-electron chi connectivity index (χ3n) is 3.82. The Labute approximate surface area is 128 Å². The fourth-order valence-electron chi connectivity index (χ4n) is 2.94. The summed E-state index contributed by atoms with van der Waals surface area (Å²) in [6, 6.07) is 3.69. The monoisotopic (exact) mass is 301 g/mol. The van der Waals surface area contributed by atoms with E-state index in [4.69, 9.17) is 4.74 Å². The lowest BCUT2D eigenvalue weighted by molar-refractivity contribution is -0.00550. The number of rotatable bonds is 2. The third-order valence-corrected chi connectivity index (χ3v) is 3.82. The van der Waals surface area contributed by atoms with Crippen LogP contribution < -0.4 is 10.5 Å². The van der Waals surface area contributed by atoms with E-state index in [9.17, 15) is 9.59 Å². The van der Waals surface area contributed by atoms with Crippen LogP contribution in [0.25, 0.3) is 5.65 Å². The Bertz CT molecular complexity index is 774. The summed E-state index contributed by atoms with van der Waals surface area (Å²) in [5, 5.41) is 0. The molecule has 116 valence electrons. The number of pyridine rings is 1. The van der Waals surface area contributed by atoms with Gasteiger partial charge in [-0.3, -0.25) is 14.0 Å². The van der Waals surface area contributed by atoms with E-state index in [0.29, 0.717) is 30.8 Å². The van der Waals surface area contributed by atoms with Crippen molar-refractivity contribution in [3.05, 3.63) is 39.8 Å². The molecule has 1 aliphatic rings. The zero-order valence-electron chi connectivity index (χ0n) is 12.9. The van der Waals surface area contributed by atoms with Crippen molar-refractivity contribution < 1.29 is 9.53 Å². The number of carbonyl (C=O) groups is 1. The Morgan fingerprint density at radius 3 is 2.59 bits per heavy atom. The molecule has 6 nitrogen and oxygen atoms in total. The molecule has 0 radical (unpaired) electrons. The maximum Gasteiger partial charge on any atom is 0.270 e. The number of aromatic nitrogens is 2. The van der Waals surface area contributed by atoms with Gasteiger partial charge in [-0.1, -0.05) is 6.07 Å². The van der Waals surface area contributed by atoms with Crippen LogP contribution in [0.1, 0.15) is 29.8 Å². The van der Waals surface area contributed by atoms with Crippen molar-refractivity contribution in [1.29, 1.82) is 0 Å². The molecule has 0 amide bonds. The number of ether oxygens (including phenoxy) is 1. The Kier molecular flexibility index (Phi) is 3.70. The van der Waals surface area contributed by atoms with Gasteiger partial charge in [-0.2, -0.15) is 0 Å². The van der Waals surface area contributed by atoms with Crippen LogP contribution in [0, 0.1) is 6.92 Å². The quantitative estimate of drug-likeness (QED) is 0.785. The maximum atomic E-state index is 12.6. The highest BCUT2D eigenvalue weighted by atomic mass is 16.5. The van der Waals surface area contributed by atoms with Gasteiger partial charge in [-0.05, 0) is 32.4 Å². The first-order valence-corrected chi connectivity index (χ1v) is 7.38.